The molecule has 1 aromatic rings. The first-order valence-corrected chi connectivity index (χ1v) is 8.61. The molecule has 2 aliphatic heterocycles. The second kappa shape index (κ2) is 5.96. The molecule has 0 aromatic carbocycles. The number of thiophene rings is 1. The Morgan fingerprint density at radius 3 is 2.65 bits per heavy atom. The third-order valence-electron chi connectivity index (χ3n) is 5.26. The predicted molar refractivity (Wildman–Crippen MR) is 85.1 cm³/mol. The van der Waals surface area contributed by atoms with Crippen LogP contribution in [0.15, 0.2) is 17.5 Å². The molecule has 2 saturated heterocycles. The number of hydrogen-bond acceptors (Lipinski definition) is 4. The molecule has 1 spiro atoms. The summed E-state index contributed by atoms with van der Waals surface area (Å²) in [5.41, 5.74) is -0.636. The minimum absolute atomic E-state index is 0.0645. The molecule has 3 heterocycles. The summed E-state index contributed by atoms with van der Waals surface area (Å²) in [4.78, 5) is 40.3. The lowest BCUT2D eigenvalue weighted by atomic mass is 9.77. The average molecular weight is 336 g/mol. The molecule has 7 heteroatoms. The van der Waals surface area contributed by atoms with Crippen LogP contribution in [0.5, 0.6) is 0 Å². The highest BCUT2D eigenvalue weighted by molar-refractivity contribution is 7.10. The van der Waals surface area contributed by atoms with Gasteiger partial charge in [0.25, 0.3) is 0 Å². The van der Waals surface area contributed by atoms with Crippen molar-refractivity contribution in [1.82, 2.24) is 9.80 Å². The number of nitrogens with zero attached hydrogens (tertiary/aromatic N) is 2. The fraction of sp³-hybridized carbons (Fsp3) is 0.562. The first-order valence-electron chi connectivity index (χ1n) is 7.74. The highest BCUT2D eigenvalue weighted by Gasteiger charge is 2.55. The smallest absolute Gasteiger partial charge is 0.309 e. The summed E-state index contributed by atoms with van der Waals surface area (Å²) >= 11 is 1.56. The lowest BCUT2D eigenvalue weighted by molar-refractivity contribution is -0.146. The molecule has 124 valence electrons. The summed E-state index contributed by atoms with van der Waals surface area (Å²) in [7, 11) is 1.69. The van der Waals surface area contributed by atoms with Gasteiger partial charge in [0.05, 0.1) is 17.9 Å². The maximum atomic E-state index is 12.4. The van der Waals surface area contributed by atoms with Gasteiger partial charge in [-0.15, -0.1) is 11.3 Å². The molecule has 2 aliphatic rings. The highest BCUT2D eigenvalue weighted by atomic mass is 32.1. The van der Waals surface area contributed by atoms with Gasteiger partial charge in [-0.3, -0.25) is 14.4 Å². The number of piperidine rings is 1. The Morgan fingerprint density at radius 1 is 1.39 bits per heavy atom. The van der Waals surface area contributed by atoms with E-state index in [9.17, 15) is 19.5 Å². The average Bonchev–Trinajstić information content (AvgIpc) is 3.11. The van der Waals surface area contributed by atoms with Crippen LogP contribution in [0.4, 0.5) is 0 Å². The topological polar surface area (TPSA) is 77.9 Å². The number of amides is 2. The largest absolute Gasteiger partial charge is 0.481 e. The van der Waals surface area contributed by atoms with E-state index < -0.39 is 17.4 Å². The second-order valence-corrected chi connectivity index (χ2v) is 7.32. The third-order valence-corrected chi connectivity index (χ3v) is 6.13. The van der Waals surface area contributed by atoms with E-state index >= 15 is 0 Å². The number of carbonyl (C=O) groups is 3. The lowest BCUT2D eigenvalue weighted by Crippen LogP contribution is -2.57. The van der Waals surface area contributed by atoms with E-state index in [1.165, 1.54) is 0 Å². The summed E-state index contributed by atoms with van der Waals surface area (Å²) in [6.45, 7) is 1.01. The molecule has 0 radical (unpaired) electrons. The summed E-state index contributed by atoms with van der Waals surface area (Å²) in [6, 6.07) is 3.87. The molecule has 1 atom stereocenters. The Labute approximate surface area is 138 Å². The van der Waals surface area contributed by atoms with Gasteiger partial charge in [-0.25, -0.2) is 0 Å². The molecular formula is C16H20N2O4S. The lowest BCUT2D eigenvalue weighted by Gasteiger charge is -2.45. The van der Waals surface area contributed by atoms with Gasteiger partial charge in [0.15, 0.2) is 0 Å². The molecule has 0 bridgehead atoms. The van der Waals surface area contributed by atoms with Gasteiger partial charge >= 0.3 is 5.97 Å². The minimum Gasteiger partial charge on any atom is -0.481 e. The van der Waals surface area contributed by atoms with Crippen LogP contribution >= 0.6 is 11.3 Å². The van der Waals surface area contributed by atoms with Crippen molar-refractivity contribution in [3.05, 3.63) is 22.4 Å². The zero-order chi connectivity index (χ0) is 16.6. The highest BCUT2D eigenvalue weighted by Crippen LogP contribution is 2.42. The SMILES string of the molecule is CN1C(=O)C[C@@H](C(=O)O)C12CCN(C(=O)Cc1cccs1)CC2. The Kier molecular flexibility index (Phi) is 4.14. The van der Waals surface area contributed by atoms with Crippen molar-refractivity contribution >= 4 is 29.1 Å². The Balaban J connectivity index is 1.68. The number of likely N-dealkylation sites (tertiary alicyclic amines) is 2. The molecule has 6 nitrogen and oxygen atoms in total. The van der Waals surface area contributed by atoms with Crippen molar-refractivity contribution in [3.8, 4) is 0 Å². The molecule has 1 N–H and O–H groups in total. The van der Waals surface area contributed by atoms with Gasteiger partial charge < -0.3 is 14.9 Å². The summed E-state index contributed by atoms with van der Waals surface area (Å²) < 4.78 is 0. The minimum atomic E-state index is -0.916. The Bertz CT molecular complexity index is 620. The fourth-order valence-electron chi connectivity index (χ4n) is 3.80. The van der Waals surface area contributed by atoms with Crippen LogP contribution in [0.25, 0.3) is 0 Å². The van der Waals surface area contributed by atoms with Gasteiger partial charge in [-0.05, 0) is 24.3 Å². The molecule has 23 heavy (non-hydrogen) atoms. The molecule has 0 aliphatic carbocycles. The summed E-state index contributed by atoms with van der Waals surface area (Å²) in [6.07, 6.45) is 1.52. The van der Waals surface area contributed by atoms with Crippen molar-refractivity contribution in [3.63, 3.8) is 0 Å². The quantitative estimate of drug-likeness (QED) is 0.900. The van der Waals surface area contributed by atoms with Gasteiger partial charge in [0.1, 0.15) is 0 Å². The van der Waals surface area contributed by atoms with Crippen molar-refractivity contribution in [2.75, 3.05) is 20.1 Å². The van der Waals surface area contributed by atoms with Gasteiger partial charge in [0, 0.05) is 31.4 Å². The predicted octanol–water partition coefficient (Wildman–Crippen LogP) is 1.21. The number of carboxylic acids is 1. The van der Waals surface area contributed by atoms with E-state index in [-0.39, 0.29) is 18.2 Å². The zero-order valence-electron chi connectivity index (χ0n) is 13.0. The van der Waals surface area contributed by atoms with Gasteiger partial charge in [-0.2, -0.15) is 0 Å². The van der Waals surface area contributed by atoms with Crippen LogP contribution in [0.1, 0.15) is 24.1 Å². The molecule has 3 rings (SSSR count). The van der Waals surface area contributed by atoms with E-state index in [4.69, 9.17) is 0 Å². The molecule has 0 saturated carbocycles. The van der Waals surface area contributed by atoms with Crippen molar-refractivity contribution in [2.45, 2.75) is 31.2 Å². The number of carbonyl (C=O) groups excluding carboxylic acids is 2. The number of hydrogen-bond donors (Lipinski definition) is 1. The first-order chi connectivity index (χ1) is 10.9. The molecule has 2 amide bonds. The number of rotatable bonds is 3. The Morgan fingerprint density at radius 2 is 2.09 bits per heavy atom. The van der Waals surface area contributed by atoms with Crippen LogP contribution in [0, 0.1) is 5.92 Å². The summed E-state index contributed by atoms with van der Waals surface area (Å²) in [5.74, 6) is -1.63. The zero-order valence-corrected chi connectivity index (χ0v) is 13.8. The monoisotopic (exact) mass is 336 g/mol. The van der Waals surface area contributed by atoms with Gasteiger partial charge in [-0.1, -0.05) is 6.07 Å². The van der Waals surface area contributed by atoms with E-state index in [1.54, 1.807) is 28.2 Å². The van der Waals surface area contributed by atoms with Crippen LogP contribution in [-0.4, -0.2) is 58.4 Å². The van der Waals surface area contributed by atoms with Crippen LogP contribution < -0.4 is 0 Å². The normalized spacial score (nSPS) is 23.5. The van der Waals surface area contributed by atoms with Crippen LogP contribution in [-0.2, 0) is 20.8 Å². The van der Waals surface area contributed by atoms with Crippen molar-refractivity contribution < 1.29 is 19.5 Å². The molecular weight excluding hydrogens is 316 g/mol. The van der Waals surface area contributed by atoms with E-state index in [1.807, 2.05) is 17.5 Å². The van der Waals surface area contributed by atoms with Crippen LogP contribution in [0.2, 0.25) is 0 Å². The Hall–Kier alpha value is -1.89. The fourth-order valence-corrected chi connectivity index (χ4v) is 4.50. The third kappa shape index (κ3) is 2.73. The first kappa shape index (κ1) is 16.0. The molecule has 0 unspecified atom stereocenters. The molecule has 2 fully saturated rings. The van der Waals surface area contributed by atoms with E-state index in [2.05, 4.69) is 0 Å². The van der Waals surface area contributed by atoms with E-state index in [0.29, 0.717) is 32.4 Å². The van der Waals surface area contributed by atoms with Gasteiger partial charge in [0.2, 0.25) is 11.8 Å². The molecule has 1 aromatic heterocycles. The maximum absolute atomic E-state index is 12.4. The van der Waals surface area contributed by atoms with E-state index in [0.717, 1.165) is 4.88 Å². The van der Waals surface area contributed by atoms with Crippen LogP contribution in [0.3, 0.4) is 0 Å². The summed E-state index contributed by atoms with van der Waals surface area (Å²) in [5, 5.41) is 11.4. The standard InChI is InChI=1S/C16H20N2O4S/c1-17-13(19)10-12(15(21)22)16(17)4-6-18(7-5-16)14(20)9-11-3-2-8-23-11/h2-3,8,12H,4-7,9-10H2,1H3,(H,21,22)/t12-/m0/s1. The number of carboxylic acid groups (broad SMARTS) is 1. The van der Waals surface area contributed by atoms with Crippen molar-refractivity contribution in [1.29, 1.82) is 0 Å². The number of aliphatic carboxylic acids is 1. The maximum Gasteiger partial charge on any atom is 0.309 e. The second-order valence-electron chi connectivity index (χ2n) is 6.29. The van der Waals surface area contributed by atoms with Crippen molar-refractivity contribution in [2.24, 2.45) is 5.92 Å².